The molecule has 1 N–H and O–H groups in total. The van der Waals surface area contributed by atoms with E-state index in [1.807, 2.05) is 32.0 Å². The van der Waals surface area contributed by atoms with E-state index in [4.69, 9.17) is 6.57 Å². The van der Waals surface area contributed by atoms with Crippen LogP contribution < -0.4 is 4.72 Å². The van der Waals surface area contributed by atoms with Gasteiger partial charge < -0.3 is 0 Å². The molecule has 5 nitrogen and oxygen atoms in total. The first kappa shape index (κ1) is 17.6. The van der Waals surface area contributed by atoms with E-state index in [-0.39, 0.29) is 4.90 Å². The summed E-state index contributed by atoms with van der Waals surface area (Å²) in [5.41, 5.74) is 4.06. The van der Waals surface area contributed by atoms with Crippen LogP contribution in [0.4, 0.5) is 11.5 Å². The van der Waals surface area contributed by atoms with Crippen molar-refractivity contribution in [1.82, 2.24) is 4.98 Å². The van der Waals surface area contributed by atoms with Crippen molar-refractivity contribution in [3.63, 3.8) is 0 Å². The molecule has 0 spiro atoms. The molecule has 0 amide bonds. The van der Waals surface area contributed by atoms with Gasteiger partial charge in [-0.05, 0) is 54.8 Å². The molecule has 0 saturated heterocycles. The fourth-order valence-electron chi connectivity index (χ4n) is 2.65. The van der Waals surface area contributed by atoms with Gasteiger partial charge >= 0.3 is 0 Å². The normalized spacial score (nSPS) is 11.0. The molecule has 1 aromatic heterocycles. The van der Waals surface area contributed by atoms with Crippen LogP contribution in [-0.2, 0) is 10.0 Å². The van der Waals surface area contributed by atoms with E-state index in [0.717, 1.165) is 22.4 Å². The molecule has 0 aliphatic heterocycles. The molecule has 2 aromatic carbocycles. The second-order valence-corrected chi connectivity index (χ2v) is 7.64. The fraction of sp³-hybridized carbons (Fsp3) is 0.100. The van der Waals surface area contributed by atoms with E-state index in [2.05, 4.69) is 14.6 Å². The van der Waals surface area contributed by atoms with Crippen LogP contribution in [0, 0.1) is 20.4 Å². The lowest BCUT2D eigenvalue weighted by Gasteiger charge is -2.10. The molecule has 0 saturated carbocycles. The highest BCUT2D eigenvalue weighted by atomic mass is 32.2. The van der Waals surface area contributed by atoms with Crippen molar-refractivity contribution >= 4 is 21.5 Å². The summed E-state index contributed by atoms with van der Waals surface area (Å²) in [6.07, 6.45) is 0. The van der Waals surface area contributed by atoms with Gasteiger partial charge in [0.1, 0.15) is 5.82 Å². The Hall–Kier alpha value is -3.17. The summed E-state index contributed by atoms with van der Waals surface area (Å²) >= 11 is 0. The summed E-state index contributed by atoms with van der Waals surface area (Å²) in [5, 5.41) is 0. The van der Waals surface area contributed by atoms with E-state index in [0.29, 0.717) is 11.5 Å². The van der Waals surface area contributed by atoms with Crippen LogP contribution in [0.2, 0.25) is 0 Å². The van der Waals surface area contributed by atoms with Crippen LogP contribution in [0.5, 0.6) is 0 Å². The molecule has 0 aliphatic rings. The van der Waals surface area contributed by atoms with Crippen molar-refractivity contribution in [3.05, 3.63) is 83.3 Å². The van der Waals surface area contributed by atoms with Crippen molar-refractivity contribution in [3.8, 4) is 11.1 Å². The summed E-state index contributed by atoms with van der Waals surface area (Å²) in [5.74, 6) is 0.307. The van der Waals surface area contributed by atoms with Crippen molar-refractivity contribution < 1.29 is 8.42 Å². The summed E-state index contributed by atoms with van der Waals surface area (Å²) in [6.45, 7) is 10.7. The Morgan fingerprint density at radius 1 is 0.923 bits per heavy atom. The number of hydrogen-bond donors (Lipinski definition) is 1. The number of aromatic nitrogens is 1. The van der Waals surface area contributed by atoms with E-state index < -0.39 is 10.0 Å². The van der Waals surface area contributed by atoms with Crippen LogP contribution in [0.15, 0.2) is 65.6 Å². The number of benzene rings is 2. The molecule has 0 atom stereocenters. The quantitative estimate of drug-likeness (QED) is 0.682. The number of aryl methyl sites for hydroxylation is 2. The molecule has 0 unspecified atom stereocenters. The minimum Gasteiger partial charge on any atom is -0.263 e. The Morgan fingerprint density at radius 3 is 2.04 bits per heavy atom. The first-order chi connectivity index (χ1) is 12.4. The van der Waals surface area contributed by atoms with Gasteiger partial charge in [0.25, 0.3) is 10.0 Å². The standard InChI is InChI=1S/C20H17N3O2S/c1-14-12-15(2)22-20(13-14)23-26(24,25)19-10-6-17(7-11-19)16-4-8-18(21-3)9-5-16/h4-13H,1-2H3,(H,22,23). The molecular formula is C20H17N3O2S. The zero-order valence-corrected chi connectivity index (χ0v) is 15.2. The maximum absolute atomic E-state index is 12.6. The predicted molar refractivity (Wildman–Crippen MR) is 103 cm³/mol. The van der Waals surface area contributed by atoms with Crippen LogP contribution >= 0.6 is 0 Å². The Labute approximate surface area is 153 Å². The number of hydrogen-bond acceptors (Lipinski definition) is 3. The second kappa shape index (κ2) is 6.98. The van der Waals surface area contributed by atoms with Gasteiger partial charge in [-0.2, -0.15) is 0 Å². The Balaban J connectivity index is 1.85. The summed E-state index contributed by atoms with van der Waals surface area (Å²) < 4.78 is 27.7. The Bertz CT molecular complexity index is 1060. The maximum Gasteiger partial charge on any atom is 0.263 e. The number of rotatable bonds is 4. The molecule has 3 rings (SSSR count). The molecule has 130 valence electrons. The smallest absolute Gasteiger partial charge is 0.263 e. The van der Waals surface area contributed by atoms with Crippen molar-refractivity contribution in [2.75, 3.05) is 4.72 Å². The Morgan fingerprint density at radius 2 is 1.50 bits per heavy atom. The van der Waals surface area contributed by atoms with Gasteiger partial charge in [-0.1, -0.05) is 36.4 Å². The third-order valence-corrected chi connectivity index (χ3v) is 5.20. The summed E-state index contributed by atoms with van der Waals surface area (Å²) in [4.78, 5) is 7.74. The number of pyridine rings is 1. The molecule has 0 bridgehead atoms. The van der Waals surface area contributed by atoms with Gasteiger partial charge in [0.05, 0.1) is 11.5 Å². The van der Waals surface area contributed by atoms with E-state index in [1.165, 1.54) is 0 Å². The molecule has 26 heavy (non-hydrogen) atoms. The van der Waals surface area contributed by atoms with Gasteiger partial charge in [-0.15, -0.1) is 0 Å². The zero-order chi connectivity index (χ0) is 18.7. The van der Waals surface area contributed by atoms with Crippen LogP contribution in [0.1, 0.15) is 11.3 Å². The Kier molecular flexibility index (Phi) is 4.74. The topological polar surface area (TPSA) is 63.4 Å². The predicted octanol–water partition coefficient (Wildman–Crippen LogP) is 4.72. The SMILES string of the molecule is [C-]#[N+]c1ccc(-c2ccc(S(=O)(=O)Nc3cc(C)cc(C)n3)cc2)cc1. The summed E-state index contributed by atoms with van der Waals surface area (Å²) in [6, 6.07) is 17.3. The largest absolute Gasteiger partial charge is 0.263 e. The molecule has 0 aliphatic carbocycles. The first-order valence-corrected chi connectivity index (χ1v) is 9.42. The molecule has 0 radical (unpaired) electrons. The lowest BCUT2D eigenvalue weighted by molar-refractivity contribution is 0.601. The molecule has 0 fully saturated rings. The van der Waals surface area contributed by atoms with E-state index in [9.17, 15) is 8.42 Å². The lowest BCUT2D eigenvalue weighted by Crippen LogP contribution is -2.14. The highest BCUT2D eigenvalue weighted by molar-refractivity contribution is 7.92. The third kappa shape index (κ3) is 3.90. The maximum atomic E-state index is 12.6. The molecule has 6 heteroatoms. The molecular weight excluding hydrogens is 346 g/mol. The van der Waals surface area contributed by atoms with Crippen LogP contribution in [0.25, 0.3) is 16.0 Å². The first-order valence-electron chi connectivity index (χ1n) is 7.93. The van der Waals surface area contributed by atoms with Crippen LogP contribution in [0.3, 0.4) is 0 Å². The minimum absolute atomic E-state index is 0.167. The number of sulfonamides is 1. The average Bonchev–Trinajstić information content (AvgIpc) is 2.60. The van der Waals surface area contributed by atoms with Crippen molar-refractivity contribution in [2.24, 2.45) is 0 Å². The highest BCUT2D eigenvalue weighted by Gasteiger charge is 2.15. The minimum atomic E-state index is -3.71. The van der Waals surface area contributed by atoms with E-state index >= 15 is 0 Å². The molecule has 3 aromatic rings. The number of nitrogens with zero attached hydrogens (tertiary/aromatic N) is 2. The lowest BCUT2D eigenvalue weighted by atomic mass is 10.1. The third-order valence-electron chi connectivity index (χ3n) is 3.83. The van der Waals surface area contributed by atoms with Gasteiger partial charge in [-0.25, -0.2) is 18.2 Å². The van der Waals surface area contributed by atoms with Crippen LogP contribution in [-0.4, -0.2) is 13.4 Å². The van der Waals surface area contributed by atoms with Gasteiger partial charge in [0.15, 0.2) is 5.69 Å². The monoisotopic (exact) mass is 363 g/mol. The average molecular weight is 363 g/mol. The van der Waals surface area contributed by atoms with Gasteiger partial charge in [0.2, 0.25) is 0 Å². The summed E-state index contributed by atoms with van der Waals surface area (Å²) in [7, 11) is -3.71. The van der Waals surface area contributed by atoms with E-state index in [1.54, 1.807) is 42.5 Å². The second-order valence-electron chi connectivity index (χ2n) is 5.96. The highest BCUT2D eigenvalue weighted by Crippen LogP contribution is 2.24. The van der Waals surface area contributed by atoms with Gasteiger partial charge in [0, 0.05) is 5.69 Å². The fourth-order valence-corrected chi connectivity index (χ4v) is 3.64. The van der Waals surface area contributed by atoms with Crippen molar-refractivity contribution in [2.45, 2.75) is 18.7 Å². The number of nitrogens with one attached hydrogen (secondary N) is 1. The van der Waals surface area contributed by atoms with Gasteiger partial charge in [-0.3, -0.25) is 4.72 Å². The molecule has 1 heterocycles. The zero-order valence-electron chi connectivity index (χ0n) is 14.4. The number of anilines is 1. The van der Waals surface area contributed by atoms with Crippen molar-refractivity contribution in [1.29, 1.82) is 0 Å².